The van der Waals surface area contributed by atoms with Crippen LogP contribution in [-0.2, 0) is 11.3 Å². The molecule has 24 heavy (non-hydrogen) atoms. The Bertz CT molecular complexity index is 656. The molecule has 2 aromatic rings. The van der Waals surface area contributed by atoms with Crippen molar-refractivity contribution in [2.45, 2.75) is 26.0 Å². The lowest BCUT2D eigenvalue weighted by atomic mass is 10.2. The zero-order chi connectivity index (χ0) is 16.8. The minimum Gasteiger partial charge on any atom is -0.375 e. The summed E-state index contributed by atoms with van der Waals surface area (Å²) >= 11 is 0. The van der Waals surface area contributed by atoms with Gasteiger partial charge in [-0.05, 0) is 18.9 Å². The Morgan fingerprint density at radius 1 is 1.42 bits per heavy atom. The number of carbonyl (C=O) groups excluding carboxylic acids is 1. The van der Waals surface area contributed by atoms with E-state index < -0.39 is 0 Å². The van der Waals surface area contributed by atoms with Crippen molar-refractivity contribution in [1.82, 2.24) is 20.4 Å². The molecule has 2 heterocycles. The van der Waals surface area contributed by atoms with E-state index in [1.165, 1.54) is 5.56 Å². The third-order valence-electron chi connectivity index (χ3n) is 4.25. The second kappa shape index (κ2) is 8.08. The maximum Gasteiger partial charge on any atom is 0.254 e. The molecule has 1 saturated heterocycles. The van der Waals surface area contributed by atoms with Gasteiger partial charge in [0.15, 0.2) is 0 Å². The van der Waals surface area contributed by atoms with E-state index in [-0.39, 0.29) is 12.0 Å². The van der Waals surface area contributed by atoms with E-state index in [4.69, 9.17) is 4.74 Å². The fourth-order valence-corrected chi connectivity index (χ4v) is 2.96. The van der Waals surface area contributed by atoms with Crippen LogP contribution >= 0.6 is 0 Å². The zero-order valence-electron chi connectivity index (χ0n) is 14.0. The number of hydrogen-bond donors (Lipinski definition) is 2. The van der Waals surface area contributed by atoms with Crippen LogP contribution in [-0.4, -0.2) is 53.3 Å². The molecule has 0 spiro atoms. The van der Waals surface area contributed by atoms with Gasteiger partial charge in [0.2, 0.25) is 0 Å². The van der Waals surface area contributed by atoms with Gasteiger partial charge in [-0.2, -0.15) is 5.10 Å². The second-order valence-corrected chi connectivity index (χ2v) is 6.19. The first-order valence-electron chi connectivity index (χ1n) is 8.38. The Kier molecular flexibility index (Phi) is 5.61. The van der Waals surface area contributed by atoms with Crippen LogP contribution in [0.3, 0.4) is 0 Å². The second-order valence-electron chi connectivity index (χ2n) is 6.19. The first-order valence-corrected chi connectivity index (χ1v) is 8.38. The number of H-pyrrole nitrogens is 1. The third kappa shape index (κ3) is 4.43. The Labute approximate surface area is 142 Å². The molecule has 1 amide bonds. The van der Waals surface area contributed by atoms with Crippen molar-refractivity contribution in [2.24, 2.45) is 0 Å². The molecule has 1 unspecified atom stereocenters. The molecule has 0 saturated carbocycles. The van der Waals surface area contributed by atoms with Gasteiger partial charge in [-0.25, -0.2) is 0 Å². The highest BCUT2D eigenvalue weighted by atomic mass is 16.5. The normalized spacial score (nSPS) is 19.0. The van der Waals surface area contributed by atoms with E-state index in [1.807, 2.05) is 13.0 Å². The van der Waals surface area contributed by atoms with Gasteiger partial charge in [-0.1, -0.05) is 30.3 Å². The predicted octanol–water partition coefficient (Wildman–Crippen LogP) is 1.74. The standard InChI is InChI=1S/C18H24N4O2/c1-14-17(11-20-21-14)18(23)19-10-16-13-22(8-5-9-24-16)12-15-6-3-2-4-7-15/h2-4,6-7,11,16H,5,8-10,12-13H2,1H3,(H,19,23)(H,20,21). The topological polar surface area (TPSA) is 70.2 Å². The fraction of sp³-hybridized carbons (Fsp3) is 0.444. The van der Waals surface area contributed by atoms with Crippen LogP contribution in [0.2, 0.25) is 0 Å². The third-order valence-corrected chi connectivity index (χ3v) is 4.25. The van der Waals surface area contributed by atoms with Gasteiger partial charge in [0, 0.05) is 38.5 Å². The molecular formula is C18H24N4O2. The number of nitrogens with zero attached hydrogens (tertiary/aromatic N) is 2. The average molecular weight is 328 g/mol. The van der Waals surface area contributed by atoms with E-state index in [9.17, 15) is 4.79 Å². The van der Waals surface area contributed by atoms with Crippen molar-refractivity contribution in [3.8, 4) is 0 Å². The molecular weight excluding hydrogens is 304 g/mol. The van der Waals surface area contributed by atoms with Crippen molar-refractivity contribution >= 4 is 5.91 Å². The SMILES string of the molecule is Cc1[nH]ncc1C(=O)NCC1CN(Cc2ccccc2)CCCO1. The summed E-state index contributed by atoms with van der Waals surface area (Å²) in [5.74, 6) is -0.108. The summed E-state index contributed by atoms with van der Waals surface area (Å²) in [5, 5.41) is 9.62. The van der Waals surface area contributed by atoms with Gasteiger partial charge in [0.05, 0.1) is 17.9 Å². The largest absolute Gasteiger partial charge is 0.375 e. The Morgan fingerprint density at radius 2 is 2.25 bits per heavy atom. The highest BCUT2D eigenvalue weighted by molar-refractivity contribution is 5.94. The number of aryl methyl sites for hydroxylation is 1. The summed E-state index contributed by atoms with van der Waals surface area (Å²) in [7, 11) is 0. The smallest absolute Gasteiger partial charge is 0.254 e. The molecule has 6 nitrogen and oxygen atoms in total. The number of nitrogens with one attached hydrogen (secondary N) is 2. The van der Waals surface area contributed by atoms with Crippen LogP contribution < -0.4 is 5.32 Å². The van der Waals surface area contributed by atoms with Gasteiger partial charge >= 0.3 is 0 Å². The van der Waals surface area contributed by atoms with Gasteiger partial charge in [-0.3, -0.25) is 14.8 Å². The van der Waals surface area contributed by atoms with Crippen molar-refractivity contribution in [2.75, 3.05) is 26.2 Å². The number of benzene rings is 1. The summed E-state index contributed by atoms with van der Waals surface area (Å²) in [6.07, 6.45) is 2.57. The molecule has 1 aliphatic rings. The molecule has 1 aromatic heterocycles. The lowest BCUT2D eigenvalue weighted by molar-refractivity contribution is 0.0510. The molecule has 0 radical (unpaired) electrons. The zero-order valence-corrected chi connectivity index (χ0v) is 14.0. The van der Waals surface area contributed by atoms with Gasteiger partial charge in [-0.15, -0.1) is 0 Å². The number of amides is 1. The summed E-state index contributed by atoms with van der Waals surface area (Å²) < 4.78 is 5.89. The van der Waals surface area contributed by atoms with Gasteiger partial charge < -0.3 is 10.1 Å². The number of carbonyl (C=O) groups is 1. The van der Waals surface area contributed by atoms with Crippen molar-refractivity contribution < 1.29 is 9.53 Å². The first-order chi connectivity index (χ1) is 11.7. The molecule has 6 heteroatoms. The fourth-order valence-electron chi connectivity index (χ4n) is 2.96. The minimum atomic E-state index is -0.108. The summed E-state index contributed by atoms with van der Waals surface area (Å²) in [6, 6.07) is 10.4. The number of rotatable bonds is 5. The van der Waals surface area contributed by atoms with Crippen molar-refractivity contribution in [3.63, 3.8) is 0 Å². The minimum absolute atomic E-state index is 0.00682. The highest BCUT2D eigenvalue weighted by Crippen LogP contribution is 2.11. The van der Waals surface area contributed by atoms with E-state index in [2.05, 4.69) is 44.7 Å². The number of aromatic amines is 1. The van der Waals surface area contributed by atoms with Crippen molar-refractivity contribution in [1.29, 1.82) is 0 Å². The molecule has 1 atom stereocenters. The lowest BCUT2D eigenvalue weighted by Gasteiger charge is -2.24. The van der Waals surface area contributed by atoms with Crippen LogP contribution in [0.1, 0.15) is 28.0 Å². The molecule has 128 valence electrons. The summed E-state index contributed by atoms with van der Waals surface area (Å²) in [5.41, 5.74) is 2.67. The molecule has 0 bridgehead atoms. The molecule has 3 rings (SSSR count). The van der Waals surface area contributed by atoms with Crippen LogP contribution in [0.25, 0.3) is 0 Å². The Hall–Kier alpha value is -2.18. The van der Waals surface area contributed by atoms with Gasteiger partial charge in [0.25, 0.3) is 5.91 Å². The van der Waals surface area contributed by atoms with Crippen LogP contribution in [0.5, 0.6) is 0 Å². The Balaban J connectivity index is 1.53. The van der Waals surface area contributed by atoms with Gasteiger partial charge in [0.1, 0.15) is 0 Å². The summed E-state index contributed by atoms with van der Waals surface area (Å²) in [4.78, 5) is 14.6. The predicted molar refractivity (Wildman–Crippen MR) is 91.7 cm³/mol. The average Bonchev–Trinajstić information content (AvgIpc) is 2.89. The van der Waals surface area contributed by atoms with Crippen LogP contribution in [0, 0.1) is 6.92 Å². The quantitative estimate of drug-likeness (QED) is 0.877. The molecule has 1 fully saturated rings. The first kappa shape index (κ1) is 16.7. The lowest BCUT2D eigenvalue weighted by Crippen LogP contribution is -2.40. The highest BCUT2D eigenvalue weighted by Gasteiger charge is 2.20. The van der Waals surface area contributed by atoms with E-state index in [1.54, 1.807) is 6.20 Å². The maximum absolute atomic E-state index is 12.2. The van der Waals surface area contributed by atoms with Crippen molar-refractivity contribution in [3.05, 3.63) is 53.3 Å². The van der Waals surface area contributed by atoms with Crippen LogP contribution in [0.15, 0.2) is 36.5 Å². The number of hydrogen-bond acceptors (Lipinski definition) is 4. The van der Waals surface area contributed by atoms with E-state index in [0.29, 0.717) is 12.1 Å². The maximum atomic E-state index is 12.2. The number of ether oxygens (including phenoxy) is 1. The van der Waals surface area contributed by atoms with E-state index in [0.717, 1.165) is 38.4 Å². The van der Waals surface area contributed by atoms with Crippen LogP contribution in [0.4, 0.5) is 0 Å². The molecule has 1 aliphatic heterocycles. The monoisotopic (exact) mass is 328 g/mol. The molecule has 0 aliphatic carbocycles. The Morgan fingerprint density at radius 3 is 3.00 bits per heavy atom. The van der Waals surface area contributed by atoms with E-state index >= 15 is 0 Å². The molecule has 2 N–H and O–H groups in total. The molecule has 1 aromatic carbocycles. The number of aromatic nitrogens is 2. The summed E-state index contributed by atoms with van der Waals surface area (Å²) in [6.45, 7) is 5.83.